The van der Waals surface area contributed by atoms with Crippen LogP contribution in [-0.2, 0) is 0 Å². The lowest BCUT2D eigenvalue weighted by molar-refractivity contribution is 0.247. The Kier molecular flexibility index (Phi) is 5.02. The van der Waals surface area contributed by atoms with Gasteiger partial charge in [0.15, 0.2) is 0 Å². The van der Waals surface area contributed by atoms with Crippen LogP contribution in [0.15, 0.2) is 18.2 Å². The first kappa shape index (κ1) is 14.1. The van der Waals surface area contributed by atoms with E-state index in [9.17, 15) is 9.18 Å². The molecule has 1 aromatic rings. The standard InChI is InChI=1S/C14H18ClFN2O/c15-12-8-11(6-7-13(12)16)18-14(19)17-9-10-4-2-1-3-5-10/h6-8,10H,1-5,9H2,(H2,17,18,19). The molecule has 0 saturated heterocycles. The Bertz CT molecular complexity index is 447. The summed E-state index contributed by atoms with van der Waals surface area (Å²) >= 11 is 5.65. The summed E-state index contributed by atoms with van der Waals surface area (Å²) in [4.78, 5) is 11.7. The van der Waals surface area contributed by atoms with E-state index < -0.39 is 5.82 Å². The van der Waals surface area contributed by atoms with Crippen molar-refractivity contribution in [1.82, 2.24) is 5.32 Å². The third-order valence-electron chi connectivity index (χ3n) is 3.45. The second-order valence-electron chi connectivity index (χ2n) is 4.97. The summed E-state index contributed by atoms with van der Waals surface area (Å²) in [7, 11) is 0. The lowest BCUT2D eigenvalue weighted by atomic mass is 9.89. The average Bonchev–Trinajstić information content (AvgIpc) is 2.42. The van der Waals surface area contributed by atoms with E-state index in [1.165, 1.54) is 50.3 Å². The first-order valence-electron chi connectivity index (χ1n) is 6.65. The molecule has 104 valence electrons. The molecule has 0 heterocycles. The molecule has 2 N–H and O–H groups in total. The van der Waals surface area contributed by atoms with Crippen molar-refractivity contribution in [3.05, 3.63) is 29.0 Å². The van der Waals surface area contributed by atoms with E-state index >= 15 is 0 Å². The van der Waals surface area contributed by atoms with E-state index in [4.69, 9.17) is 11.6 Å². The van der Waals surface area contributed by atoms with E-state index in [-0.39, 0.29) is 11.1 Å². The molecular weight excluding hydrogens is 267 g/mol. The number of nitrogens with one attached hydrogen (secondary N) is 2. The molecule has 5 heteroatoms. The molecule has 0 bridgehead atoms. The van der Waals surface area contributed by atoms with Gasteiger partial charge in [0.1, 0.15) is 5.82 Å². The molecular formula is C14H18ClFN2O. The predicted octanol–water partition coefficient (Wildman–Crippen LogP) is 4.18. The fraction of sp³-hybridized carbons (Fsp3) is 0.500. The van der Waals surface area contributed by atoms with Gasteiger partial charge in [0, 0.05) is 12.2 Å². The summed E-state index contributed by atoms with van der Waals surface area (Å²) in [5.74, 6) is 0.0890. The highest BCUT2D eigenvalue weighted by Crippen LogP contribution is 2.23. The molecule has 19 heavy (non-hydrogen) atoms. The van der Waals surface area contributed by atoms with Crippen LogP contribution in [0.2, 0.25) is 5.02 Å². The zero-order valence-electron chi connectivity index (χ0n) is 10.7. The monoisotopic (exact) mass is 284 g/mol. The molecule has 0 spiro atoms. The number of amides is 2. The van der Waals surface area contributed by atoms with Gasteiger partial charge in [0.2, 0.25) is 0 Å². The van der Waals surface area contributed by atoms with Crippen LogP contribution in [0.25, 0.3) is 0 Å². The Morgan fingerprint density at radius 3 is 2.74 bits per heavy atom. The van der Waals surface area contributed by atoms with E-state index in [1.807, 2.05) is 0 Å². The maximum absolute atomic E-state index is 13.0. The maximum Gasteiger partial charge on any atom is 0.319 e. The van der Waals surface area contributed by atoms with Gasteiger partial charge < -0.3 is 10.6 Å². The van der Waals surface area contributed by atoms with Crippen molar-refractivity contribution in [2.45, 2.75) is 32.1 Å². The van der Waals surface area contributed by atoms with Gasteiger partial charge in [-0.05, 0) is 37.0 Å². The predicted molar refractivity (Wildman–Crippen MR) is 75.0 cm³/mol. The number of carbonyl (C=O) groups excluding carboxylic acids is 1. The van der Waals surface area contributed by atoms with Gasteiger partial charge in [0.25, 0.3) is 0 Å². The highest BCUT2D eigenvalue weighted by molar-refractivity contribution is 6.31. The number of anilines is 1. The van der Waals surface area contributed by atoms with Gasteiger partial charge in [-0.3, -0.25) is 0 Å². The third kappa shape index (κ3) is 4.39. The van der Waals surface area contributed by atoms with E-state index in [0.29, 0.717) is 18.2 Å². The number of halogens is 2. The minimum absolute atomic E-state index is 0.00470. The zero-order valence-corrected chi connectivity index (χ0v) is 11.5. The number of benzene rings is 1. The summed E-state index contributed by atoms with van der Waals surface area (Å²) in [6.45, 7) is 0.695. The fourth-order valence-corrected chi connectivity index (χ4v) is 2.56. The summed E-state index contributed by atoms with van der Waals surface area (Å²) in [6.07, 6.45) is 6.17. The van der Waals surface area contributed by atoms with Crippen LogP contribution >= 0.6 is 11.6 Å². The third-order valence-corrected chi connectivity index (χ3v) is 3.74. The van der Waals surface area contributed by atoms with Crippen molar-refractivity contribution < 1.29 is 9.18 Å². The summed E-state index contributed by atoms with van der Waals surface area (Å²) in [5, 5.41) is 5.50. The van der Waals surface area contributed by atoms with Gasteiger partial charge >= 0.3 is 6.03 Å². The molecule has 0 atom stereocenters. The molecule has 0 aliphatic heterocycles. The Hall–Kier alpha value is -1.29. The fourth-order valence-electron chi connectivity index (χ4n) is 2.38. The van der Waals surface area contributed by atoms with Gasteiger partial charge in [-0.25, -0.2) is 9.18 Å². The Labute approximate surface area is 117 Å². The van der Waals surface area contributed by atoms with Crippen LogP contribution < -0.4 is 10.6 Å². The van der Waals surface area contributed by atoms with Crippen molar-refractivity contribution in [1.29, 1.82) is 0 Å². The quantitative estimate of drug-likeness (QED) is 0.859. The van der Waals surface area contributed by atoms with Crippen LogP contribution in [0.4, 0.5) is 14.9 Å². The highest BCUT2D eigenvalue weighted by Gasteiger charge is 2.14. The second-order valence-corrected chi connectivity index (χ2v) is 5.38. The lowest BCUT2D eigenvalue weighted by Gasteiger charge is -2.21. The van der Waals surface area contributed by atoms with Gasteiger partial charge in [-0.2, -0.15) is 0 Å². The van der Waals surface area contributed by atoms with E-state index in [1.54, 1.807) is 0 Å². The molecule has 2 rings (SSSR count). The number of carbonyl (C=O) groups is 1. The molecule has 1 fully saturated rings. The van der Waals surface area contributed by atoms with Crippen molar-refractivity contribution in [2.75, 3.05) is 11.9 Å². The Balaban J connectivity index is 1.78. The number of hydrogen-bond donors (Lipinski definition) is 2. The number of urea groups is 1. The molecule has 0 unspecified atom stereocenters. The summed E-state index contributed by atoms with van der Waals surface area (Å²) < 4.78 is 13.0. The molecule has 3 nitrogen and oxygen atoms in total. The highest BCUT2D eigenvalue weighted by atomic mass is 35.5. The Morgan fingerprint density at radius 2 is 2.05 bits per heavy atom. The first-order valence-corrected chi connectivity index (χ1v) is 7.03. The van der Waals surface area contributed by atoms with Gasteiger partial charge in [0.05, 0.1) is 5.02 Å². The normalized spacial score (nSPS) is 16.1. The maximum atomic E-state index is 13.0. The van der Waals surface area contributed by atoms with Crippen LogP contribution in [0.3, 0.4) is 0 Å². The molecule has 1 saturated carbocycles. The smallest absolute Gasteiger partial charge is 0.319 e. The van der Waals surface area contributed by atoms with Crippen LogP contribution in [-0.4, -0.2) is 12.6 Å². The molecule has 0 aromatic heterocycles. The topological polar surface area (TPSA) is 41.1 Å². The summed E-state index contributed by atoms with van der Waals surface area (Å²) in [5.41, 5.74) is 0.493. The van der Waals surface area contributed by atoms with Crippen molar-refractivity contribution in [2.24, 2.45) is 5.92 Å². The van der Waals surface area contributed by atoms with Crippen LogP contribution in [0, 0.1) is 11.7 Å². The van der Waals surface area contributed by atoms with Crippen molar-refractivity contribution >= 4 is 23.3 Å². The zero-order chi connectivity index (χ0) is 13.7. The number of rotatable bonds is 3. The van der Waals surface area contributed by atoms with Crippen LogP contribution in [0.1, 0.15) is 32.1 Å². The lowest BCUT2D eigenvalue weighted by Crippen LogP contribution is -2.33. The van der Waals surface area contributed by atoms with E-state index in [0.717, 1.165) is 0 Å². The van der Waals surface area contributed by atoms with Crippen LogP contribution in [0.5, 0.6) is 0 Å². The van der Waals surface area contributed by atoms with E-state index in [2.05, 4.69) is 10.6 Å². The van der Waals surface area contributed by atoms with Gasteiger partial charge in [-0.1, -0.05) is 30.9 Å². The minimum atomic E-state index is -0.491. The second kappa shape index (κ2) is 6.75. The molecule has 0 radical (unpaired) electrons. The largest absolute Gasteiger partial charge is 0.338 e. The van der Waals surface area contributed by atoms with Crippen molar-refractivity contribution in [3.8, 4) is 0 Å². The molecule has 2 amide bonds. The number of hydrogen-bond acceptors (Lipinski definition) is 1. The Morgan fingerprint density at radius 1 is 1.32 bits per heavy atom. The SMILES string of the molecule is O=C(NCC1CCCCC1)Nc1ccc(F)c(Cl)c1. The molecule has 1 aromatic carbocycles. The molecule has 1 aliphatic carbocycles. The van der Waals surface area contributed by atoms with Gasteiger partial charge in [-0.15, -0.1) is 0 Å². The molecule has 1 aliphatic rings. The average molecular weight is 285 g/mol. The summed E-state index contributed by atoms with van der Waals surface area (Å²) in [6, 6.07) is 3.85. The van der Waals surface area contributed by atoms with Crippen molar-refractivity contribution in [3.63, 3.8) is 0 Å². The first-order chi connectivity index (χ1) is 9.15. The minimum Gasteiger partial charge on any atom is -0.338 e.